The molecule has 2 atom stereocenters. The third-order valence-corrected chi connectivity index (χ3v) is 10.9. The van der Waals surface area contributed by atoms with Crippen molar-refractivity contribution in [3.8, 4) is 23.0 Å². The maximum absolute atomic E-state index is 12.2. The van der Waals surface area contributed by atoms with Crippen molar-refractivity contribution in [2.75, 3.05) is 0 Å². The molecule has 2 aromatic rings. The molecule has 0 saturated carbocycles. The van der Waals surface area contributed by atoms with Crippen molar-refractivity contribution in [3.63, 3.8) is 0 Å². The van der Waals surface area contributed by atoms with E-state index >= 15 is 0 Å². The quantitative estimate of drug-likeness (QED) is 0.0686. The highest BCUT2D eigenvalue weighted by Gasteiger charge is 2.16. The second-order valence-corrected chi connectivity index (χ2v) is 15.5. The number of ether oxygens (including phenoxy) is 4. The first kappa shape index (κ1) is 50.3. The molecule has 0 saturated heterocycles. The number of esters is 4. The lowest BCUT2D eigenvalue weighted by Crippen LogP contribution is -2.12. The summed E-state index contributed by atoms with van der Waals surface area (Å²) in [6, 6.07) is 10.4. The molecule has 2 rings (SSSR count). The summed E-state index contributed by atoms with van der Waals surface area (Å²) < 4.78 is 21.9. The normalized spacial score (nSPS) is 12.1. The average Bonchev–Trinajstić information content (AvgIpc) is 3.15. The highest BCUT2D eigenvalue weighted by Crippen LogP contribution is 2.27. The van der Waals surface area contributed by atoms with E-state index in [1.165, 1.54) is 0 Å². The molecule has 0 fully saturated rings. The second-order valence-electron chi connectivity index (χ2n) is 15.5. The Morgan fingerprint density at radius 2 is 0.607 bits per heavy atom. The van der Waals surface area contributed by atoms with E-state index in [4.69, 9.17) is 18.9 Å². The monoisotopic (exact) mass is 781 g/mol. The summed E-state index contributed by atoms with van der Waals surface area (Å²) in [7, 11) is 0. The zero-order valence-corrected chi connectivity index (χ0v) is 36.8. The van der Waals surface area contributed by atoms with Gasteiger partial charge in [-0.2, -0.15) is 0 Å². The van der Waals surface area contributed by atoms with Crippen LogP contribution in [0.1, 0.15) is 182 Å². The van der Waals surface area contributed by atoms with Crippen LogP contribution in [0.3, 0.4) is 0 Å². The van der Waals surface area contributed by atoms with Crippen LogP contribution in [0.2, 0.25) is 0 Å². The van der Waals surface area contributed by atoms with Crippen molar-refractivity contribution >= 4 is 23.9 Å². The van der Waals surface area contributed by atoms with Crippen LogP contribution in [0.25, 0.3) is 0 Å². The van der Waals surface area contributed by atoms with Gasteiger partial charge >= 0.3 is 23.9 Å². The molecular formula is C48H76O8. The summed E-state index contributed by atoms with van der Waals surface area (Å²) in [5, 5.41) is 0. The molecule has 2 unspecified atom stereocenters. The minimum atomic E-state index is -0.237. The van der Waals surface area contributed by atoms with Crippen molar-refractivity contribution in [1.82, 2.24) is 0 Å². The van der Waals surface area contributed by atoms with Crippen LogP contribution in [0.5, 0.6) is 23.0 Å². The number of benzene rings is 2. The van der Waals surface area contributed by atoms with Gasteiger partial charge in [0.15, 0.2) is 0 Å². The van der Waals surface area contributed by atoms with E-state index in [0.717, 1.165) is 101 Å². The number of carbonyl (C=O) groups excluding carboxylic acids is 4. The molecule has 0 heterocycles. The molecule has 0 aromatic heterocycles. The molecule has 0 aliphatic carbocycles. The van der Waals surface area contributed by atoms with Crippen LogP contribution in [-0.2, 0) is 19.2 Å². The number of hydrogen-bond acceptors (Lipinski definition) is 8. The van der Waals surface area contributed by atoms with Gasteiger partial charge in [-0.05, 0) is 98.6 Å². The Hall–Kier alpha value is -3.68. The topological polar surface area (TPSA) is 105 Å². The van der Waals surface area contributed by atoms with Gasteiger partial charge in [-0.25, -0.2) is 0 Å². The van der Waals surface area contributed by atoms with Gasteiger partial charge in [0.2, 0.25) is 0 Å². The van der Waals surface area contributed by atoms with Crippen molar-refractivity contribution in [2.45, 2.75) is 185 Å². The molecule has 0 bridgehead atoms. The van der Waals surface area contributed by atoms with E-state index in [0.29, 0.717) is 72.4 Å². The first-order chi connectivity index (χ1) is 26.8. The van der Waals surface area contributed by atoms with Gasteiger partial charge in [0.1, 0.15) is 23.0 Å². The summed E-state index contributed by atoms with van der Waals surface area (Å²) >= 11 is 0. The molecular weight excluding hydrogens is 705 g/mol. The van der Waals surface area contributed by atoms with E-state index in [1.807, 2.05) is 13.8 Å². The summed E-state index contributed by atoms with van der Waals surface area (Å²) in [6.07, 6.45) is 16.1. The molecule has 0 aliphatic heterocycles. The van der Waals surface area contributed by atoms with Crippen molar-refractivity contribution in [1.29, 1.82) is 0 Å². The Balaban J connectivity index is 0.000000561. The van der Waals surface area contributed by atoms with Crippen molar-refractivity contribution < 1.29 is 38.1 Å². The summed E-state index contributed by atoms with van der Waals surface area (Å²) in [5.41, 5.74) is 1.79. The van der Waals surface area contributed by atoms with Gasteiger partial charge in [-0.3, -0.25) is 19.2 Å². The lowest BCUT2D eigenvalue weighted by atomic mass is 9.95. The fourth-order valence-electron chi connectivity index (χ4n) is 7.00. The van der Waals surface area contributed by atoms with Crippen LogP contribution in [0.4, 0.5) is 0 Å². The van der Waals surface area contributed by atoms with Gasteiger partial charge < -0.3 is 18.9 Å². The Labute approximate surface area is 340 Å². The third kappa shape index (κ3) is 22.2. The molecule has 0 amide bonds. The number of aryl methyl sites for hydroxylation is 2. The van der Waals surface area contributed by atoms with Crippen molar-refractivity contribution in [2.24, 2.45) is 23.7 Å². The first-order valence-electron chi connectivity index (χ1n) is 21.9. The Morgan fingerprint density at radius 1 is 0.375 bits per heavy atom. The van der Waals surface area contributed by atoms with Crippen LogP contribution in [0, 0.1) is 37.5 Å². The number of rotatable bonds is 26. The standard InChI is InChI=1S/C25H40O4.C23H36O4/c1-6-10-20(8-3)12-14-24(26)28-22-16-19(5)17-23(18-22)29-25(27)15-13-21(9-4)11-7-2;1-6-18(7-2)10-12-22(24)26-20-14-17(5)15-21(16-20)27-23(25)13-11-19(8-3)9-4/h16-18,20-21H,6-15H2,1-5H3;14-16,18-19H,6-13H2,1-5H3. The second kappa shape index (κ2) is 29.5. The fourth-order valence-corrected chi connectivity index (χ4v) is 7.00. The SMILES string of the molecule is CCC(CC)CCC(=O)Oc1cc(C)cc(OC(=O)CCC(CC)CC)c1.CCCC(CC)CCC(=O)Oc1cc(C)cc(OC(=O)CCC(CC)CCC)c1. The first-order valence-corrected chi connectivity index (χ1v) is 21.9. The van der Waals surface area contributed by atoms with Crippen LogP contribution in [0.15, 0.2) is 36.4 Å². The number of hydrogen-bond donors (Lipinski definition) is 0. The maximum Gasteiger partial charge on any atom is 0.311 e. The zero-order valence-electron chi connectivity index (χ0n) is 36.8. The number of carbonyl (C=O) groups is 4. The van der Waals surface area contributed by atoms with Crippen LogP contribution in [-0.4, -0.2) is 23.9 Å². The molecule has 2 aromatic carbocycles. The molecule has 8 heteroatoms. The minimum Gasteiger partial charge on any atom is -0.426 e. The summed E-state index contributed by atoms with van der Waals surface area (Å²) in [5.74, 6) is 3.08. The van der Waals surface area contributed by atoms with Gasteiger partial charge in [-0.15, -0.1) is 0 Å². The molecule has 316 valence electrons. The Kier molecular flexibility index (Phi) is 26.6. The molecule has 0 radical (unpaired) electrons. The van der Waals surface area contributed by atoms with E-state index in [-0.39, 0.29) is 23.9 Å². The lowest BCUT2D eigenvalue weighted by molar-refractivity contribution is -0.136. The fraction of sp³-hybridized carbons (Fsp3) is 0.667. The van der Waals surface area contributed by atoms with E-state index in [2.05, 4.69) is 55.4 Å². The largest absolute Gasteiger partial charge is 0.426 e. The molecule has 8 nitrogen and oxygen atoms in total. The molecule has 0 aliphatic rings. The van der Waals surface area contributed by atoms with E-state index in [1.54, 1.807) is 36.4 Å². The Bertz CT molecular complexity index is 1330. The zero-order chi connectivity index (χ0) is 41.9. The van der Waals surface area contributed by atoms with Gasteiger partial charge in [0.25, 0.3) is 0 Å². The van der Waals surface area contributed by atoms with E-state index < -0.39 is 0 Å². The van der Waals surface area contributed by atoms with Gasteiger partial charge in [0, 0.05) is 37.8 Å². The Morgan fingerprint density at radius 3 is 0.821 bits per heavy atom. The molecule has 0 spiro atoms. The van der Waals surface area contributed by atoms with Gasteiger partial charge in [0.05, 0.1) is 0 Å². The summed E-state index contributed by atoms with van der Waals surface area (Å²) in [6.45, 7) is 21.0. The lowest BCUT2D eigenvalue weighted by Gasteiger charge is -2.14. The highest BCUT2D eigenvalue weighted by molar-refractivity contribution is 5.75. The third-order valence-electron chi connectivity index (χ3n) is 10.9. The summed E-state index contributed by atoms with van der Waals surface area (Å²) in [4.78, 5) is 48.7. The van der Waals surface area contributed by atoms with Crippen LogP contribution < -0.4 is 18.9 Å². The van der Waals surface area contributed by atoms with Gasteiger partial charge in [-0.1, -0.05) is 120 Å². The predicted molar refractivity (Wildman–Crippen MR) is 227 cm³/mol. The predicted octanol–water partition coefficient (Wildman–Crippen LogP) is 13.3. The highest BCUT2D eigenvalue weighted by atomic mass is 16.6. The smallest absolute Gasteiger partial charge is 0.311 e. The maximum atomic E-state index is 12.2. The minimum absolute atomic E-state index is 0.229. The average molecular weight is 781 g/mol. The molecule has 56 heavy (non-hydrogen) atoms. The molecule has 0 N–H and O–H groups in total. The van der Waals surface area contributed by atoms with E-state index in [9.17, 15) is 19.2 Å². The van der Waals surface area contributed by atoms with Crippen molar-refractivity contribution in [3.05, 3.63) is 47.5 Å². The van der Waals surface area contributed by atoms with Crippen LogP contribution >= 0.6 is 0 Å².